The molecule has 0 aliphatic heterocycles. The molecule has 96 valence electrons. The van der Waals surface area contributed by atoms with Crippen LogP contribution < -0.4 is 5.73 Å². The highest BCUT2D eigenvalue weighted by Crippen LogP contribution is 2.20. The SMILES string of the molecule is Cc1nc(CC(N)Cc2ccccc2Cl)sc1C. The standard InChI is InChI=1S/C14H17ClN2S/c1-9-10(2)18-14(17-9)8-12(16)7-11-5-3-4-6-13(11)15/h3-6,12H,7-8,16H2,1-2H3. The van der Waals surface area contributed by atoms with E-state index >= 15 is 0 Å². The summed E-state index contributed by atoms with van der Waals surface area (Å²) in [4.78, 5) is 5.79. The second-order valence-corrected chi connectivity index (χ2v) is 6.20. The fourth-order valence-corrected chi connectivity index (χ4v) is 3.11. The Kier molecular flexibility index (Phi) is 4.38. The number of nitrogens with two attached hydrogens (primary N) is 1. The van der Waals surface area contributed by atoms with Crippen molar-refractivity contribution in [2.24, 2.45) is 5.73 Å². The molecule has 0 saturated heterocycles. The molecule has 2 rings (SSSR count). The molecule has 2 nitrogen and oxygen atoms in total. The first kappa shape index (κ1) is 13.5. The summed E-state index contributed by atoms with van der Waals surface area (Å²) in [6.45, 7) is 4.13. The molecule has 1 aromatic carbocycles. The van der Waals surface area contributed by atoms with Crippen LogP contribution in [-0.4, -0.2) is 11.0 Å². The minimum Gasteiger partial charge on any atom is -0.327 e. The van der Waals surface area contributed by atoms with Gasteiger partial charge in [0.15, 0.2) is 0 Å². The Bertz CT molecular complexity index is 517. The first-order chi connectivity index (χ1) is 8.56. The Morgan fingerprint density at radius 1 is 1.28 bits per heavy atom. The summed E-state index contributed by atoms with van der Waals surface area (Å²) in [7, 11) is 0. The number of hydrogen-bond acceptors (Lipinski definition) is 3. The lowest BCUT2D eigenvalue weighted by molar-refractivity contribution is 0.661. The summed E-state index contributed by atoms with van der Waals surface area (Å²) in [6.07, 6.45) is 1.60. The Morgan fingerprint density at radius 3 is 2.61 bits per heavy atom. The van der Waals surface area contributed by atoms with Gasteiger partial charge in [0.1, 0.15) is 0 Å². The molecule has 0 spiro atoms. The predicted octanol–water partition coefficient (Wildman–Crippen LogP) is 3.53. The maximum Gasteiger partial charge on any atom is 0.0946 e. The Hall–Kier alpha value is -0.900. The van der Waals surface area contributed by atoms with Gasteiger partial charge < -0.3 is 5.73 Å². The Labute approximate surface area is 117 Å². The molecule has 1 heterocycles. The van der Waals surface area contributed by atoms with Crippen molar-refractivity contribution in [1.29, 1.82) is 0 Å². The molecule has 1 atom stereocenters. The molecule has 0 saturated carbocycles. The molecule has 1 unspecified atom stereocenters. The lowest BCUT2D eigenvalue weighted by Gasteiger charge is -2.11. The average molecular weight is 281 g/mol. The molecular weight excluding hydrogens is 264 g/mol. The van der Waals surface area contributed by atoms with Crippen LogP contribution in [0.1, 0.15) is 21.1 Å². The summed E-state index contributed by atoms with van der Waals surface area (Å²) < 4.78 is 0. The van der Waals surface area contributed by atoms with E-state index in [0.29, 0.717) is 0 Å². The number of thiazole rings is 1. The van der Waals surface area contributed by atoms with Crippen molar-refractivity contribution in [2.75, 3.05) is 0 Å². The van der Waals surface area contributed by atoms with Gasteiger partial charge in [-0.3, -0.25) is 0 Å². The molecule has 2 N–H and O–H groups in total. The van der Waals surface area contributed by atoms with Crippen molar-refractivity contribution in [1.82, 2.24) is 4.98 Å². The number of aryl methyl sites for hydroxylation is 2. The van der Waals surface area contributed by atoms with E-state index in [2.05, 4.69) is 11.9 Å². The van der Waals surface area contributed by atoms with Crippen molar-refractivity contribution in [2.45, 2.75) is 32.7 Å². The predicted molar refractivity (Wildman–Crippen MR) is 78.4 cm³/mol. The molecule has 4 heteroatoms. The van der Waals surface area contributed by atoms with Crippen molar-refractivity contribution < 1.29 is 0 Å². The van der Waals surface area contributed by atoms with Gasteiger partial charge in [0, 0.05) is 22.4 Å². The molecule has 0 bridgehead atoms. The normalized spacial score (nSPS) is 12.7. The fraction of sp³-hybridized carbons (Fsp3) is 0.357. The van der Waals surface area contributed by atoms with Crippen LogP contribution in [0.2, 0.25) is 5.02 Å². The van der Waals surface area contributed by atoms with Gasteiger partial charge >= 0.3 is 0 Å². The molecule has 0 radical (unpaired) electrons. The maximum absolute atomic E-state index is 6.17. The van der Waals surface area contributed by atoms with Gasteiger partial charge in [0.25, 0.3) is 0 Å². The number of halogens is 1. The van der Waals surface area contributed by atoms with E-state index in [0.717, 1.165) is 34.1 Å². The van der Waals surface area contributed by atoms with Crippen LogP contribution in [0.15, 0.2) is 24.3 Å². The Morgan fingerprint density at radius 2 is 2.00 bits per heavy atom. The molecule has 1 aromatic heterocycles. The number of rotatable bonds is 4. The largest absolute Gasteiger partial charge is 0.327 e. The smallest absolute Gasteiger partial charge is 0.0946 e. The van der Waals surface area contributed by atoms with Gasteiger partial charge in [-0.15, -0.1) is 11.3 Å². The fourth-order valence-electron chi connectivity index (χ4n) is 1.87. The minimum absolute atomic E-state index is 0.0647. The first-order valence-electron chi connectivity index (χ1n) is 5.98. The number of nitrogens with zero attached hydrogens (tertiary/aromatic N) is 1. The van der Waals surface area contributed by atoms with Crippen molar-refractivity contribution >= 4 is 22.9 Å². The molecule has 0 aliphatic carbocycles. The third-order valence-electron chi connectivity index (χ3n) is 2.95. The van der Waals surface area contributed by atoms with Crippen LogP contribution in [-0.2, 0) is 12.8 Å². The molecule has 0 aliphatic rings. The van der Waals surface area contributed by atoms with E-state index in [4.69, 9.17) is 17.3 Å². The second-order valence-electron chi connectivity index (χ2n) is 4.51. The van der Waals surface area contributed by atoms with Gasteiger partial charge in [-0.1, -0.05) is 29.8 Å². The summed E-state index contributed by atoms with van der Waals surface area (Å²) in [5, 5.41) is 1.91. The van der Waals surface area contributed by atoms with E-state index in [1.807, 2.05) is 31.2 Å². The molecule has 0 fully saturated rings. The zero-order valence-corrected chi connectivity index (χ0v) is 12.2. The minimum atomic E-state index is 0.0647. The molecular formula is C14H17ClN2S. The van der Waals surface area contributed by atoms with Gasteiger partial charge in [0.2, 0.25) is 0 Å². The molecule has 0 amide bonds. The zero-order chi connectivity index (χ0) is 13.1. The highest BCUT2D eigenvalue weighted by atomic mass is 35.5. The second kappa shape index (κ2) is 5.83. The molecule has 2 aromatic rings. The summed E-state index contributed by atoms with van der Waals surface area (Å²) in [5.41, 5.74) is 8.39. The maximum atomic E-state index is 6.17. The summed E-state index contributed by atoms with van der Waals surface area (Å²) in [6, 6.07) is 7.92. The van der Waals surface area contributed by atoms with Crippen LogP contribution in [0.25, 0.3) is 0 Å². The average Bonchev–Trinajstić information content (AvgIpc) is 2.61. The van der Waals surface area contributed by atoms with Gasteiger partial charge in [-0.2, -0.15) is 0 Å². The van der Waals surface area contributed by atoms with Crippen LogP contribution in [0, 0.1) is 13.8 Å². The van der Waals surface area contributed by atoms with E-state index < -0.39 is 0 Å². The quantitative estimate of drug-likeness (QED) is 0.931. The van der Waals surface area contributed by atoms with Crippen molar-refractivity contribution in [3.05, 3.63) is 50.4 Å². The van der Waals surface area contributed by atoms with Crippen LogP contribution in [0.4, 0.5) is 0 Å². The van der Waals surface area contributed by atoms with Crippen LogP contribution in [0.3, 0.4) is 0 Å². The van der Waals surface area contributed by atoms with Crippen LogP contribution >= 0.6 is 22.9 Å². The zero-order valence-electron chi connectivity index (χ0n) is 10.6. The Balaban J connectivity index is 2.01. The highest BCUT2D eigenvalue weighted by molar-refractivity contribution is 7.11. The lowest BCUT2D eigenvalue weighted by atomic mass is 10.0. The molecule has 18 heavy (non-hydrogen) atoms. The van der Waals surface area contributed by atoms with E-state index in [9.17, 15) is 0 Å². The van der Waals surface area contributed by atoms with E-state index in [1.165, 1.54) is 4.88 Å². The summed E-state index contributed by atoms with van der Waals surface area (Å²) >= 11 is 7.87. The topological polar surface area (TPSA) is 38.9 Å². The third kappa shape index (κ3) is 3.31. The van der Waals surface area contributed by atoms with Crippen molar-refractivity contribution in [3.63, 3.8) is 0 Å². The third-order valence-corrected chi connectivity index (χ3v) is 4.41. The highest BCUT2D eigenvalue weighted by Gasteiger charge is 2.11. The van der Waals surface area contributed by atoms with E-state index in [1.54, 1.807) is 11.3 Å². The van der Waals surface area contributed by atoms with Crippen molar-refractivity contribution in [3.8, 4) is 0 Å². The van der Waals surface area contributed by atoms with Crippen LogP contribution in [0.5, 0.6) is 0 Å². The monoisotopic (exact) mass is 280 g/mol. The lowest BCUT2D eigenvalue weighted by Crippen LogP contribution is -2.25. The van der Waals surface area contributed by atoms with Gasteiger partial charge in [-0.25, -0.2) is 4.98 Å². The number of hydrogen-bond donors (Lipinski definition) is 1. The van der Waals surface area contributed by atoms with Gasteiger partial charge in [-0.05, 0) is 31.9 Å². The number of aromatic nitrogens is 1. The van der Waals surface area contributed by atoms with Gasteiger partial charge in [0.05, 0.1) is 10.7 Å². The van der Waals surface area contributed by atoms with E-state index in [-0.39, 0.29) is 6.04 Å². The summed E-state index contributed by atoms with van der Waals surface area (Å²) in [5.74, 6) is 0. The first-order valence-corrected chi connectivity index (χ1v) is 7.17. The number of benzene rings is 1.